The van der Waals surface area contributed by atoms with Gasteiger partial charge in [-0.1, -0.05) is 42.5 Å². The summed E-state index contributed by atoms with van der Waals surface area (Å²) in [5.74, 6) is -2.21. The van der Waals surface area contributed by atoms with Crippen LogP contribution >= 0.6 is 0 Å². The molecule has 1 aliphatic rings. The number of halogens is 3. The fraction of sp³-hybridized carbons (Fsp3) is 0.250. The molecule has 0 heterocycles. The predicted octanol–water partition coefficient (Wildman–Crippen LogP) is 3.83. The Morgan fingerprint density at radius 1 is 1.07 bits per heavy atom. The molecule has 1 aliphatic carbocycles. The summed E-state index contributed by atoms with van der Waals surface area (Å²) < 4.78 is 37.1. The highest BCUT2D eigenvalue weighted by molar-refractivity contribution is 6.01. The van der Waals surface area contributed by atoms with Crippen molar-refractivity contribution in [2.45, 2.75) is 25.4 Å². The van der Waals surface area contributed by atoms with E-state index in [1.165, 1.54) is 18.2 Å². The quantitative estimate of drug-likeness (QED) is 0.603. The SMILES string of the molecule is C/C(=N/NC(=O)[C@@H]1C[C@H]1c1ccccc1)c1cccc(NC(=O)C(F)(F)F)c1. The predicted molar refractivity (Wildman–Crippen MR) is 98.8 cm³/mol. The molecule has 0 aliphatic heterocycles. The second-order valence-electron chi connectivity index (χ2n) is 6.57. The van der Waals surface area contributed by atoms with Crippen molar-refractivity contribution >= 4 is 23.2 Å². The molecule has 5 nitrogen and oxygen atoms in total. The van der Waals surface area contributed by atoms with Crippen LogP contribution < -0.4 is 10.7 Å². The maximum absolute atomic E-state index is 12.4. The summed E-state index contributed by atoms with van der Waals surface area (Å²) in [6.45, 7) is 1.62. The first kappa shape index (κ1) is 19.6. The number of alkyl halides is 3. The van der Waals surface area contributed by atoms with Crippen molar-refractivity contribution in [1.29, 1.82) is 0 Å². The molecule has 1 saturated carbocycles. The zero-order valence-electron chi connectivity index (χ0n) is 15.0. The van der Waals surface area contributed by atoms with Crippen molar-refractivity contribution in [3.05, 3.63) is 65.7 Å². The van der Waals surface area contributed by atoms with Crippen molar-refractivity contribution in [1.82, 2.24) is 5.43 Å². The van der Waals surface area contributed by atoms with Gasteiger partial charge in [-0.15, -0.1) is 0 Å². The molecule has 0 spiro atoms. The maximum Gasteiger partial charge on any atom is 0.471 e. The van der Waals surface area contributed by atoms with E-state index in [1.807, 2.05) is 30.3 Å². The molecule has 2 N–H and O–H groups in total. The number of rotatable bonds is 5. The number of hydrazone groups is 1. The van der Waals surface area contributed by atoms with Crippen molar-refractivity contribution < 1.29 is 22.8 Å². The molecule has 0 aromatic heterocycles. The molecular weight excluding hydrogens is 371 g/mol. The van der Waals surface area contributed by atoms with Crippen molar-refractivity contribution in [2.24, 2.45) is 11.0 Å². The highest BCUT2D eigenvalue weighted by Crippen LogP contribution is 2.47. The standard InChI is InChI=1S/C20H18F3N3O2/c1-12(14-8-5-9-15(10-14)24-19(28)20(21,22)23)25-26-18(27)17-11-16(17)13-6-3-2-4-7-13/h2-10,16-17H,11H2,1H3,(H,24,28)(H,26,27)/b25-12-/t16-,17+/m0/s1. The summed E-state index contributed by atoms with van der Waals surface area (Å²) in [6.07, 6.45) is -4.21. The van der Waals surface area contributed by atoms with E-state index in [4.69, 9.17) is 0 Å². The molecule has 0 unspecified atom stereocenters. The number of nitrogens with one attached hydrogen (secondary N) is 2. The van der Waals surface area contributed by atoms with Gasteiger partial charge in [0.2, 0.25) is 5.91 Å². The molecule has 8 heteroatoms. The van der Waals surface area contributed by atoms with Crippen LogP contribution in [-0.2, 0) is 9.59 Å². The Morgan fingerprint density at radius 2 is 1.79 bits per heavy atom. The van der Waals surface area contributed by atoms with Gasteiger partial charge >= 0.3 is 12.1 Å². The third-order valence-electron chi connectivity index (χ3n) is 4.48. The van der Waals surface area contributed by atoms with Crippen LogP contribution in [0.15, 0.2) is 59.7 Å². The number of nitrogens with zero attached hydrogens (tertiary/aromatic N) is 1. The molecule has 146 valence electrons. The third-order valence-corrected chi connectivity index (χ3v) is 4.48. The summed E-state index contributed by atoms with van der Waals surface area (Å²) in [5, 5.41) is 5.82. The molecular formula is C20H18F3N3O2. The number of carbonyl (C=O) groups is 2. The number of amides is 2. The summed E-state index contributed by atoms with van der Waals surface area (Å²) in [7, 11) is 0. The van der Waals surface area contributed by atoms with Crippen LogP contribution in [0.25, 0.3) is 0 Å². The Labute approximate surface area is 159 Å². The van der Waals surface area contributed by atoms with E-state index in [1.54, 1.807) is 18.3 Å². The van der Waals surface area contributed by atoms with Crippen LogP contribution in [0.3, 0.4) is 0 Å². The van der Waals surface area contributed by atoms with E-state index < -0.39 is 12.1 Å². The third kappa shape index (κ3) is 4.76. The second kappa shape index (κ2) is 7.84. The Hall–Kier alpha value is -3.16. The average Bonchev–Trinajstić information content (AvgIpc) is 3.47. The first-order valence-corrected chi connectivity index (χ1v) is 8.63. The summed E-state index contributed by atoms with van der Waals surface area (Å²) in [5.41, 5.74) is 4.50. The van der Waals surface area contributed by atoms with Gasteiger partial charge in [-0.25, -0.2) is 5.43 Å². The minimum Gasteiger partial charge on any atom is -0.318 e. The second-order valence-corrected chi connectivity index (χ2v) is 6.57. The van der Waals surface area contributed by atoms with Crippen molar-refractivity contribution in [2.75, 3.05) is 5.32 Å². The van der Waals surface area contributed by atoms with Gasteiger partial charge in [0, 0.05) is 11.6 Å². The van der Waals surface area contributed by atoms with Crippen LogP contribution in [0.2, 0.25) is 0 Å². The van der Waals surface area contributed by atoms with Gasteiger partial charge in [0.1, 0.15) is 0 Å². The molecule has 1 fully saturated rings. The number of hydrogen-bond acceptors (Lipinski definition) is 3. The van der Waals surface area contributed by atoms with E-state index in [0.717, 1.165) is 12.0 Å². The van der Waals surface area contributed by atoms with Crippen LogP contribution in [0, 0.1) is 5.92 Å². The molecule has 2 amide bonds. The lowest BCUT2D eigenvalue weighted by atomic mass is 10.1. The normalized spacial score (nSPS) is 19.1. The van der Waals surface area contributed by atoms with Crippen molar-refractivity contribution in [3.8, 4) is 0 Å². The Morgan fingerprint density at radius 3 is 2.46 bits per heavy atom. The summed E-state index contributed by atoms with van der Waals surface area (Å²) in [4.78, 5) is 23.3. The topological polar surface area (TPSA) is 70.6 Å². The van der Waals surface area contributed by atoms with E-state index in [9.17, 15) is 22.8 Å². The number of benzene rings is 2. The van der Waals surface area contributed by atoms with Crippen LogP contribution in [0.4, 0.5) is 18.9 Å². The van der Waals surface area contributed by atoms with Gasteiger partial charge < -0.3 is 5.32 Å². The first-order chi connectivity index (χ1) is 13.3. The van der Waals surface area contributed by atoms with Gasteiger partial charge in [0.05, 0.1) is 5.71 Å². The highest BCUT2D eigenvalue weighted by Gasteiger charge is 2.43. The van der Waals surface area contributed by atoms with E-state index in [-0.39, 0.29) is 23.4 Å². The molecule has 0 radical (unpaired) electrons. The number of anilines is 1. The largest absolute Gasteiger partial charge is 0.471 e. The smallest absolute Gasteiger partial charge is 0.318 e. The first-order valence-electron chi connectivity index (χ1n) is 8.63. The van der Waals surface area contributed by atoms with Crippen LogP contribution in [-0.4, -0.2) is 23.7 Å². The molecule has 28 heavy (non-hydrogen) atoms. The average molecular weight is 389 g/mol. The Bertz CT molecular complexity index is 910. The minimum atomic E-state index is -4.97. The number of hydrogen-bond donors (Lipinski definition) is 2. The van der Waals surface area contributed by atoms with Crippen LogP contribution in [0.5, 0.6) is 0 Å². The van der Waals surface area contributed by atoms with Gasteiger partial charge in [0.15, 0.2) is 0 Å². The lowest BCUT2D eigenvalue weighted by molar-refractivity contribution is -0.167. The van der Waals surface area contributed by atoms with Gasteiger partial charge in [-0.3, -0.25) is 9.59 Å². The Balaban J connectivity index is 1.60. The minimum absolute atomic E-state index is 0.00737. The zero-order chi connectivity index (χ0) is 20.3. The van der Waals surface area contributed by atoms with Gasteiger partial charge in [0.25, 0.3) is 0 Å². The lowest BCUT2D eigenvalue weighted by Crippen LogP contribution is -2.30. The fourth-order valence-electron chi connectivity index (χ4n) is 2.86. The molecule has 2 aromatic rings. The van der Waals surface area contributed by atoms with Gasteiger partial charge in [-0.2, -0.15) is 18.3 Å². The van der Waals surface area contributed by atoms with Gasteiger partial charge in [-0.05, 0) is 42.5 Å². The molecule has 2 atom stereocenters. The maximum atomic E-state index is 12.4. The van der Waals surface area contributed by atoms with Crippen molar-refractivity contribution in [3.63, 3.8) is 0 Å². The lowest BCUT2D eigenvalue weighted by Gasteiger charge is -2.09. The number of carbonyl (C=O) groups excluding carboxylic acids is 2. The molecule has 3 rings (SSSR count). The molecule has 0 bridgehead atoms. The fourth-order valence-corrected chi connectivity index (χ4v) is 2.86. The highest BCUT2D eigenvalue weighted by atomic mass is 19.4. The van der Waals surface area contributed by atoms with E-state index in [0.29, 0.717) is 11.3 Å². The Kier molecular flexibility index (Phi) is 5.48. The summed E-state index contributed by atoms with van der Waals surface area (Å²) >= 11 is 0. The van der Waals surface area contributed by atoms with E-state index >= 15 is 0 Å². The monoisotopic (exact) mass is 389 g/mol. The summed E-state index contributed by atoms with van der Waals surface area (Å²) in [6, 6.07) is 15.5. The van der Waals surface area contributed by atoms with Crippen LogP contribution in [0.1, 0.15) is 30.4 Å². The molecule has 0 saturated heterocycles. The van der Waals surface area contributed by atoms with E-state index in [2.05, 4.69) is 10.5 Å². The zero-order valence-corrected chi connectivity index (χ0v) is 15.0. The molecule has 2 aromatic carbocycles.